The van der Waals surface area contributed by atoms with Crippen molar-refractivity contribution < 1.29 is 45.9 Å². The van der Waals surface area contributed by atoms with Crippen molar-refractivity contribution in [2.24, 2.45) is 5.92 Å². The lowest BCUT2D eigenvalue weighted by Gasteiger charge is -2.29. The maximum Gasteiger partial charge on any atom is 0.407 e. The highest BCUT2D eigenvalue weighted by Gasteiger charge is 2.62. The molecular formula is C38H40FN5O9S. The van der Waals surface area contributed by atoms with Gasteiger partial charge >= 0.3 is 6.09 Å². The molecule has 4 heterocycles. The van der Waals surface area contributed by atoms with Crippen LogP contribution in [0.4, 0.5) is 9.18 Å². The summed E-state index contributed by atoms with van der Waals surface area (Å²) in [6.07, 6.45) is 6.15. The van der Waals surface area contributed by atoms with Crippen LogP contribution < -0.4 is 20.1 Å². The lowest BCUT2D eigenvalue weighted by Crippen LogP contribution is -2.58. The maximum atomic E-state index is 14.7. The van der Waals surface area contributed by atoms with E-state index in [0.717, 1.165) is 12.8 Å². The molecule has 2 aliphatic heterocycles. The van der Waals surface area contributed by atoms with Crippen LogP contribution in [0.15, 0.2) is 59.0 Å². The third-order valence-corrected chi connectivity index (χ3v) is 12.6. The number of allylic oxidation sites excluding steroid dienone is 1. The highest BCUT2D eigenvalue weighted by atomic mass is 32.2. The van der Waals surface area contributed by atoms with E-state index >= 15 is 0 Å². The molecule has 2 saturated carbocycles. The summed E-state index contributed by atoms with van der Waals surface area (Å²) in [5.41, 5.74) is 0.181. The molecule has 0 radical (unpaired) electrons. The van der Waals surface area contributed by atoms with Crippen molar-refractivity contribution in [1.82, 2.24) is 25.2 Å². The Kier molecular flexibility index (Phi) is 9.18. The Bertz CT molecular complexity index is 2330. The number of carbonyl (C=O) groups is 4. The van der Waals surface area contributed by atoms with Crippen molar-refractivity contribution in [2.75, 3.05) is 13.7 Å². The summed E-state index contributed by atoms with van der Waals surface area (Å²) in [7, 11) is -2.73. The van der Waals surface area contributed by atoms with E-state index in [4.69, 9.17) is 18.9 Å². The molecule has 4 aliphatic rings. The zero-order valence-electron chi connectivity index (χ0n) is 29.5. The van der Waals surface area contributed by atoms with Gasteiger partial charge in [0.2, 0.25) is 21.8 Å². The first-order valence-electron chi connectivity index (χ1n) is 18.2. The number of nitrogens with zero attached hydrogens (tertiary/aromatic N) is 2. The summed E-state index contributed by atoms with van der Waals surface area (Å²) in [4.78, 5) is 61.0. The average Bonchev–Trinajstić information content (AvgIpc) is 4.05. The molecule has 2 aliphatic carbocycles. The third kappa shape index (κ3) is 6.71. The number of hydrogen-bond donors (Lipinski definition) is 3. The molecule has 2 aromatic carbocycles. The number of sulfonamides is 1. The summed E-state index contributed by atoms with van der Waals surface area (Å²) in [6.45, 7) is -0.115. The van der Waals surface area contributed by atoms with E-state index in [1.54, 1.807) is 6.07 Å². The second kappa shape index (κ2) is 13.9. The Morgan fingerprint density at radius 3 is 2.69 bits per heavy atom. The molecule has 3 N–H and O–H groups in total. The van der Waals surface area contributed by atoms with Crippen molar-refractivity contribution in [2.45, 2.75) is 86.8 Å². The molecule has 4 aromatic rings. The van der Waals surface area contributed by atoms with Crippen LogP contribution in [0.3, 0.4) is 0 Å². The highest BCUT2D eigenvalue weighted by Crippen LogP contribution is 2.46. The Balaban J connectivity index is 1.16. The molecular weight excluding hydrogens is 722 g/mol. The Morgan fingerprint density at radius 1 is 1.07 bits per heavy atom. The summed E-state index contributed by atoms with van der Waals surface area (Å²) in [5.74, 6) is -2.88. The number of ether oxygens (including phenoxy) is 2. The Morgan fingerprint density at radius 2 is 1.89 bits per heavy atom. The molecule has 8 rings (SSSR count). The van der Waals surface area contributed by atoms with Gasteiger partial charge in [-0.05, 0) is 68.9 Å². The molecule has 0 spiro atoms. The summed E-state index contributed by atoms with van der Waals surface area (Å²) in [6, 6.07) is 9.15. The number of nitrogens with one attached hydrogen (secondary N) is 3. The minimum absolute atomic E-state index is 0.0536. The largest absolute Gasteiger partial charge is 0.484 e. The number of halogens is 1. The van der Waals surface area contributed by atoms with Gasteiger partial charge in [0.15, 0.2) is 11.3 Å². The molecule has 14 nitrogen and oxygen atoms in total. The van der Waals surface area contributed by atoms with Crippen LogP contribution in [0.5, 0.6) is 5.75 Å². The second-order valence-corrected chi connectivity index (χ2v) is 16.5. The molecule has 284 valence electrons. The molecule has 54 heavy (non-hydrogen) atoms. The summed E-state index contributed by atoms with van der Waals surface area (Å²) in [5, 5.41) is 5.85. The van der Waals surface area contributed by atoms with Gasteiger partial charge in [0.25, 0.3) is 5.91 Å². The van der Waals surface area contributed by atoms with E-state index in [1.807, 2.05) is 30.4 Å². The number of fused-ring (bicyclic) bond motifs is 6. The monoisotopic (exact) mass is 761 g/mol. The summed E-state index contributed by atoms with van der Waals surface area (Å²) >= 11 is 0. The number of furan rings is 1. The van der Waals surface area contributed by atoms with E-state index in [0.29, 0.717) is 53.1 Å². The smallest absolute Gasteiger partial charge is 0.407 e. The molecule has 3 fully saturated rings. The number of methoxy groups -OCH3 is 1. The standard InChI is InChI=1S/C38H40FN5O9S/c1-51-37(48)41-28-11-6-4-2-3-5-9-21-19-38(21,36(47)43-54(49,50)24-14-15-24)42-34(45)29-18-23(20-44(29)35(28)46)52-32-26-17-22(39)13-16-27(26)40-31-25-10-7-8-12-30(25)53-33(31)32/h5,7-10,12-13,16-17,21,23-24,28-29H,2-4,6,11,14-15,18-20H2,1H3,(H,41,48)(H,42,45)(H,43,47)/t21-,23-,28+,29+,38-/m1/s1. The van der Waals surface area contributed by atoms with Crippen molar-refractivity contribution in [3.8, 4) is 5.75 Å². The minimum Gasteiger partial charge on any atom is -0.484 e. The van der Waals surface area contributed by atoms with Gasteiger partial charge < -0.3 is 29.4 Å². The third-order valence-electron chi connectivity index (χ3n) is 10.8. The van der Waals surface area contributed by atoms with Gasteiger partial charge in [-0.3, -0.25) is 19.1 Å². The van der Waals surface area contributed by atoms with Gasteiger partial charge in [-0.25, -0.2) is 22.6 Å². The Hall–Kier alpha value is -5.25. The molecule has 2 aromatic heterocycles. The zero-order chi connectivity index (χ0) is 37.8. The van der Waals surface area contributed by atoms with Crippen molar-refractivity contribution >= 4 is 66.8 Å². The first-order valence-corrected chi connectivity index (χ1v) is 19.8. The fourth-order valence-corrected chi connectivity index (χ4v) is 9.02. The number of alkyl carbamates (subject to hydrolysis) is 1. The molecule has 16 heteroatoms. The van der Waals surface area contributed by atoms with Gasteiger partial charge in [0.05, 0.1) is 24.4 Å². The number of hydrogen-bond acceptors (Lipinski definition) is 10. The van der Waals surface area contributed by atoms with Crippen molar-refractivity contribution in [3.63, 3.8) is 0 Å². The SMILES string of the molecule is COC(=O)N[C@H]1CCCCCC=C[C@@H]2C[C@@]2(C(=O)NS(=O)(=O)C2CC2)NC(=O)[C@@H]2C[C@@H](Oc3c4cc(F)ccc4nc4c3oc3ccccc34)CN2C1=O. The van der Waals surface area contributed by atoms with Crippen LogP contribution in [-0.4, -0.2) is 84.7 Å². The van der Waals surface area contributed by atoms with Gasteiger partial charge in [-0.2, -0.15) is 0 Å². The molecule has 5 atom stereocenters. The first-order chi connectivity index (χ1) is 26.0. The maximum absolute atomic E-state index is 14.7. The van der Waals surface area contributed by atoms with Crippen LogP contribution in [0.25, 0.3) is 33.0 Å². The number of amides is 4. The van der Waals surface area contributed by atoms with E-state index in [1.165, 1.54) is 30.2 Å². The van der Waals surface area contributed by atoms with E-state index < -0.39 is 74.5 Å². The normalized spacial score (nSPS) is 26.4. The zero-order valence-corrected chi connectivity index (χ0v) is 30.3. The molecule has 0 unspecified atom stereocenters. The van der Waals surface area contributed by atoms with Crippen LogP contribution in [0.2, 0.25) is 0 Å². The fourth-order valence-electron chi connectivity index (χ4n) is 7.66. The number of pyridine rings is 1. The van der Waals surface area contributed by atoms with Crippen molar-refractivity contribution in [3.05, 3.63) is 60.4 Å². The Labute approximate surface area is 309 Å². The predicted octanol–water partition coefficient (Wildman–Crippen LogP) is 4.35. The van der Waals surface area contributed by atoms with Crippen LogP contribution >= 0.6 is 0 Å². The lowest BCUT2D eigenvalue weighted by atomic mass is 10.1. The molecule has 4 amide bonds. The molecule has 1 saturated heterocycles. The van der Waals surface area contributed by atoms with Gasteiger partial charge in [-0.1, -0.05) is 37.1 Å². The average molecular weight is 762 g/mol. The predicted molar refractivity (Wildman–Crippen MR) is 194 cm³/mol. The van der Waals surface area contributed by atoms with Crippen LogP contribution in [0, 0.1) is 11.7 Å². The second-order valence-electron chi connectivity index (χ2n) is 14.6. The lowest BCUT2D eigenvalue weighted by molar-refractivity contribution is -0.141. The van der Waals surface area contributed by atoms with E-state index in [-0.39, 0.29) is 37.1 Å². The number of aromatic nitrogens is 1. The van der Waals surface area contributed by atoms with Gasteiger partial charge in [0, 0.05) is 23.1 Å². The number of para-hydroxylation sites is 1. The number of benzene rings is 2. The van der Waals surface area contributed by atoms with Gasteiger partial charge in [0.1, 0.15) is 40.6 Å². The number of carbonyl (C=O) groups excluding carboxylic acids is 4. The van der Waals surface area contributed by atoms with E-state index in [2.05, 4.69) is 15.4 Å². The first kappa shape index (κ1) is 35.8. The fraction of sp³-hybridized carbons (Fsp3) is 0.447. The molecule has 0 bridgehead atoms. The van der Waals surface area contributed by atoms with Gasteiger partial charge in [-0.15, -0.1) is 0 Å². The topological polar surface area (TPSA) is 186 Å². The van der Waals surface area contributed by atoms with E-state index in [9.17, 15) is 32.0 Å². The quantitative estimate of drug-likeness (QED) is 0.239. The van der Waals surface area contributed by atoms with Crippen LogP contribution in [0.1, 0.15) is 57.8 Å². The summed E-state index contributed by atoms with van der Waals surface area (Å²) < 4.78 is 60.2. The number of rotatable bonds is 6. The van der Waals surface area contributed by atoms with Crippen LogP contribution in [-0.2, 0) is 29.1 Å². The highest BCUT2D eigenvalue weighted by molar-refractivity contribution is 7.91. The minimum atomic E-state index is -3.92. The van der Waals surface area contributed by atoms with Crippen molar-refractivity contribution in [1.29, 1.82) is 0 Å².